The number of amides is 2. The fraction of sp³-hybridized carbons (Fsp3) is 0.125. The van der Waals surface area contributed by atoms with Crippen LogP contribution in [0.1, 0.15) is 0 Å². The Kier molecular flexibility index (Phi) is 5.80. The van der Waals surface area contributed by atoms with E-state index in [0.717, 1.165) is 0 Å². The van der Waals surface area contributed by atoms with Gasteiger partial charge < -0.3 is 9.47 Å². The van der Waals surface area contributed by atoms with E-state index in [9.17, 15) is 9.59 Å². The molecule has 114 valence electrons. The maximum Gasteiger partial charge on any atom is 0.411 e. The molecule has 0 saturated heterocycles. The van der Waals surface area contributed by atoms with Crippen molar-refractivity contribution in [1.82, 2.24) is 0 Å². The molecule has 0 fully saturated rings. The third-order valence-corrected chi connectivity index (χ3v) is 2.59. The van der Waals surface area contributed by atoms with Crippen molar-refractivity contribution < 1.29 is 19.1 Å². The number of rotatable bonds is 5. The van der Waals surface area contributed by atoms with Crippen LogP contribution < -0.4 is 10.6 Å². The number of para-hydroxylation sites is 2. The van der Waals surface area contributed by atoms with Gasteiger partial charge in [0.15, 0.2) is 0 Å². The Hall–Kier alpha value is -3.02. The van der Waals surface area contributed by atoms with Crippen LogP contribution in [0.25, 0.3) is 0 Å². The van der Waals surface area contributed by atoms with E-state index in [-0.39, 0.29) is 13.2 Å². The van der Waals surface area contributed by atoms with Crippen molar-refractivity contribution in [2.75, 3.05) is 23.8 Å². The van der Waals surface area contributed by atoms with Gasteiger partial charge in [-0.25, -0.2) is 9.59 Å². The molecule has 0 radical (unpaired) electrons. The number of nitrogens with one attached hydrogen (secondary N) is 2. The van der Waals surface area contributed by atoms with Crippen LogP contribution in [0.2, 0.25) is 0 Å². The van der Waals surface area contributed by atoms with Gasteiger partial charge in [-0.1, -0.05) is 36.4 Å². The predicted molar refractivity (Wildman–Crippen MR) is 82.8 cm³/mol. The van der Waals surface area contributed by atoms with Gasteiger partial charge in [0.05, 0.1) is 0 Å². The highest BCUT2D eigenvalue weighted by atomic mass is 16.6. The van der Waals surface area contributed by atoms with Crippen LogP contribution in [-0.4, -0.2) is 25.4 Å². The van der Waals surface area contributed by atoms with E-state index in [4.69, 9.17) is 9.47 Å². The van der Waals surface area contributed by atoms with Gasteiger partial charge in [0.2, 0.25) is 0 Å². The van der Waals surface area contributed by atoms with E-state index >= 15 is 0 Å². The Bertz CT molecular complexity index is 547. The second-order valence-corrected chi connectivity index (χ2v) is 4.25. The molecular formula is C16H16N2O4. The minimum Gasteiger partial charge on any atom is -0.446 e. The van der Waals surface area contributed by atoms with Gasteiger partial charge >= 0.3 is 12.2 Å². The summed E-state index contributed by atoms with van der Waals surface area (Å²) in [6.07, 6.45) is -1.20. The second-order valence-electron chi connectivity index (χ2n) is 4.25. The Morgan fingerprint density at radius 3 is 1.41 bits per heavy atom. The summed E-state index contributed by atoms with van der Waals surface area (Å²) in [5.74, 6) is 0. The Morgan fingerprint density at radius 1 is 0.682 bits per heavy atom. The molecule has 0 aliphatic carbocycles. The van der Waals surface area contributed by atoms with E-state index in [0.29, 0.717) is 11.4 Å². The van der Waals surface area contributed by atoms with Crippen molar-refractivity contribution >= 4 is 23.6 Å². The van der Waals surface area contributed by atoms with Gasteiger partial charge in [-0.3, -0.25) is 10.6 Å². The molecule has 0 spiro atoms. The zero-order valence-electron chi connectivity index (χ0n) is 11.8. The lowest BCUT2D eigenvalue weighted by Gasteiger charge is -2.08. The van der Waals surface area contributed by atoms with Crippen molar-refractivity contribution in [2.24, 2.45) is 0 Å². The van der Waals surface area contributed by atoms with Crippen LogP contribution in [0, 0.1) is 0 Å². The van der Waals surface area contributed by atoms with Crippen LogP contribution in [0.3, 0.4) is 0 Å². The molecule has 0 aliphatic rings. The predicted octanol–water partition coefficient (Wildman–Crippen LogP) is 3.48. The van der Waals surface area contributed by atoms with Gasteiger partial charge in [0.1, 0.15) is 13.2 Å². The standard InChI is InChI=1S/C16H16N2O4/c19-15(17-13-7-3-1-4-8-13)21-11-12-22-16(20)18-14-9-5-2-6-10-14/h1-10H,11-12H2,(H,17,19)(H,18,20). The largest absolute Gasteiger partial charge is 0.446 e. The van der Waals surface area contributed by atoms with Crippen molar-refractivity contribution in [3.8, 4) is 0 Å². The lowest BCUT2D eigenvalue weighted by molar-refractivity contribution is 0.110. The fourth-order valence-electron chi connectivity index (χ4n) is 1.62. The number of benzene rings is 2. The number of carbonyl (C=O) groups excluding carboxylic acids is 2. The quantitative estimate of drug-likeness (QED) is 0.829. The van der Waals surface area contributed by atoms with Crippen LogP contribution in [0.4, 0.5) is 21.0 Å². The number of ether oxygens (including phenoxy) is 2. The first-order valence-electron chi connectivity index (χ1n) is 6.72. The zero-order chi connectivity index (χ0) is 15.6. The molecule has 0 saturated carbocycles. The van der Waals surface area contributed by atoms with E-state index in [2.05, 4.69) is 10.6 Å². The molecule has 2 amide bonds. The molecular weight excluding hydrogens is 284 g/mol. The molecule has 0 aliphatic heterocycles. The molecule has 2 aromatic carbocycles. The first-order chi connectivity index (χ1) is 10.7. The van der Waals surface area contributed by atoms with Crippen LogP contribution >= 0.6 is 0 Å². The third-order valence-electron chi connectivity index (χ3n) is 2.59. The van der Waals surface area contributed by atoms with Gasteiger partial charge in [-0.2, -0.15) is 0 Å². The maximum absolute atomic E-state index is 11.5. The lowest BCUT2D eigenvalue weighted by Crippen LogP contribution is -2.20. The molecule has 0 heterocycles. The van der Waals surface area contributed by atoms with E-state index in [1.807, 2.05) is 12.1 Å². The van der Waals surface area contributed by atoms with Crippen LogP contribution in [-0.2, 0) is 9.47 Å². The van der Waals surface area contributed by atoms with Gasteiger partial charge in [0, 0.05) is 11.4 Å². The van der Waals surface area contributed by atoms with E-state index in [1.54, 1.807) is 48.5 Å². The van der Waals surface area contributed by atoms with Crippen molar-refractivity contribution in [3.63, 3.8) is 0 Å². The molecule has 0 aromatic heterocycles. The summed E-state index contributed by atoms with van der Waals surface area (Å²) in [4.78, 5) is 22.9. The van der Waals surface area contributed by atoms with E-state index < -0.39 is 12.2 Å². The highest BCUT2D eigenvalue weighted by Gasteiger charge is 2.05. The Balaban J connectivity index is 1.60. The molecule has 2 rings (SSSR count). The maximum atomic E-state index is 11.5. The molecule has 0 unspecified atom stereocenters. The summed E-state index contributed by atoms with van der Waals surface area (Å²) < 4.78 is 9.78. The van der Waals surface area contributed by atoms with Gasteiger partial charge in [0.25, 0.3) is 0 Å². The minimum absolute atomic E-state index is 0.0269. The van der Waals surface area contributed by atoms with E-state index in [1.165, 1.54) is 0 Å². The number of anilines is 2. The monoisotopic (exact) mass is 300 g/mol. The molecule has 6 nitrogen and oxygen atoms in total. The summed E-state index contributed by atoms with van der Waals surface area (Å²) in [5.41, 5.74) is 1.27. The van der Waals surface area contributed by atoms with Crippen molar-refractivity contribution in [2.45, 2.75) is 0 Å². The highest BCUT2D eigenvalue weighted by Crippen LogP contribution is 2.06. The fourth-order valence-corrected chi connectivity index (χ4v) is 1.62. The number of carbonyl (C=O) groups is 2. The Morgan fingerprint density at radius 2 is 1.05 bits per heavy atom. The third kappa shape index (κ3) is 5.54. The minimum atomic E-state index is -0.599. The first kappa shape index (κ1) is 15.4. The van der Waals surface area contributed by atoms with Crippen molar-refractivity contribution in [1.29, 1.82) is 0 Å². The molecule has 22 heavy (non-hydrogen) atoms. The molecule has 0 atom stereocenters. The SMILES string of the molecule is O=C(Nc1ccccc1)OCCOC(=O)Nc1ccccc1. The first-order valence-corrected chi connectivity index (χ1v) is 6.72. The summed E-state index contributed by atoms with van der Waals surface area (Å²) >= 11 is 0. The molecule has 0 bridgehead atoms. The summed E-state index contributed by atoms with van der Waals surface area (Å²) in [6.45, 7) is -0.0538. The molecule has 2 aromatic rings. The molecule has 2 N–H and O–H groups in total. The zero-order valence-corrected chi connectivity index (χ0v) is 11.8. The van der Waals surface area contributed by atoms with Gasteiger partial charge in [-0.05, 0) is 24.3 Å². The topological polar surface area (TPSA) is 76.7 Å². The van der Waals surface area contributed by atoms with Gasteiger partial charge in [-0.15, -0.1) is 0 Å². The normalized spacial score (nSPS) is 9.64. The smallest absolute Gasteiger partial charge is 0.411 e. The van der Waals surface area contributed by atoms with Crippen molar-refractivity contribution in [3.05, 3.63) is 60.7 Å². The average molecular weight is 300 g/mol. The molecule has 6 heteroatoms. The lowest BCUT2D eigenvalue weighted by atomic mass is 10.3. The van der Waals surface area contributed by atoms with Crippen LogP contribution in [0.15, 0.2) is 60.7 Å². The second kappa shape index (κ2) is 8.31. The summed E-state index contributed by atoms with van der Waals surface area (Å²) in [7, 11) is 0. The average Bonchev–Trinajstić information content (AvgIpc) is 2.53. The number of hydrogen-bond donors (Lipinski definition) is 2. The summed E-state index contributed by atoms with van der Waals surface area (Å²) in [5, 5.41) is 5.11. The van der Waals surface area contributed by atoms with Crippen LogP contribution in [0.5, 0.6) is 0 Å². The summed E-state index contributed by atoms with van der Waals surface area (Å²) in [6, 6.07) is 17.8. The number of hydrogen-bond acceptors (Lipinski definition) is 4. The Labute approximate surface area is 128 Å². The highest BCUT2D eigenvalue weighted by molar-refractivity contribution is 5.85.